The molecule has 0 saturated heterocycles. The van der Waals surface area contributed by atoms with Crippen LogP contribution in [0.25, 0.3) is 0 Å². The van der Waals surface area contributed by atoms with Gasteiger partial charge in [0, 0.05) is 40.5 Å². The van der Waals surface area contributed by atoms with Crippen LogP contribution in [0, 0.1) is 0 Å². The molecule has 0 aliphatic heterocycles. The van der Waals surface area contributed by atoms with E-state index in [1.807, 2.05) is 0 Å². The zero-order valence-electron chi connectivity index (χ0n) is 11.8. The number of carbonyl (C=O) groups is 3. The minimum atomic E-state index is -0.833. The lowest BCUT2D eigenvalue weighted by atomic mass is 10.7. The molecule has 0 heterocycles. The number of aliphatic carboxylic acids is 3. The molecule has 0 fully saturated rings. The standard InChI is InChI=1S/C2H8N2.3C2H4O2.C2H6O/c3-1-2-4;3*1-2(3)4;1-2-3/h1-4H2;3*1H3,(H,3,4);3H,2H2,1H3. The quantitative estimate of drug-likeness (QED) is 0.358. The van der Waals surface area contributed by atoms with E-state index in [0.717, 1.165) is 20.8 Å². The second kappa shape index (κ2) is 36.0. The smallest absolute Gasteiger partial charge is 0.300 e. The summed E-state index contributed by atoms with van der Waals surface area (Å²) in [5, 5.41) is 29.8. The number of rotatable bonds is 1. The minimum absolute atomic E-state index is 0.250. The van der Waals surface area contributed by atoms with Gasteiger partial charge in [-0.3, -0.25) is 14.4 Å². The number of aliphatic hydroxyl groups excluding tert-OH is 1. The summed E-state index contributed by atoms with van der Waals surface area (Å²) in [7, 11) is 0. The Morgan fingerprint density at radius 1 is 0.789 bits per heavy atom. The normalized spacial score (nSPS) is 6.47. The van der Waals surface area contributed by atoms with E-state index in [4.69, 9.17) is 46.3 Å². The number of hydrogen-bond acceptors (Lipinski definition) is 6. The van der Waals surface area contributed by atoms with E-state index < -0.39 is 17.9 Å². The van der Waals surface area contributed by atoms with E-state index in [-0.39, 0.29) is 6.61 Å². The van der Waals surface area contributed by atoms with Crippen molar-refractivity contribution in [2.24, 2.45) is 11.5 Å². The van der Waals surface area contributed by atoms with E-state index in [1.165, 1.54) is 0 Å². The molecular formula is C10H26N2O7. The fourth-order valence-electron chi connectivity index (χ4n) is 0. The van der Waals surface area contributed by atoms with Gasteiger partial charge >= 0.3 is 0 Å². The SMILES string of the molecule is CC(=O)O.CC(=O)O.CC(=O)O.CCO.NCCN. The predicted octanol–water partition coefficient (Wildman–Crippen LogP) is -0.825. The highest BCUT2D eigenvalue weighted by Gasteiger charge is 1.66. The molecule has 0 saturated carbocycles. The van der Waals surface area contributed by atoms with E-state index in [1.54, 1.807) is 6.92 Å². The van der Waals surface area contributed by atoms with Crippen LogP contribution in [0.4, 0.5) is 0 Å². The maximum Gasteiger partial charge on any atom is 0.300 e. The molecule has 0 aliphatic rings. The highest BCUT2D eigenvalue weighted by atomic mass is 16.4. The molecule has 118 valence electrons. The van der Waals surface area contributed by atoms with Gasteiger partial charge in [0.05, 0.1) is 0 Å². The third-order valence-corrected chi connectivity index (χ3v) is 0.167. The Hall–Kier alpha value is -1.71. The van der Waals surface area contributed by atoms with Gasteiger partial charge in [-0.2, -0.15) is 0 Å². The molecule has 9 heteroatoms. The maximum absolute atomic E-state index is 9.00. The van der Waals surface area contributed by atoms with Gasteiger partial charge < -0.3 is 31.9 Å². The summed E-state index contributed by atoms with van der Waals surface area (Å²) in [5.41, 5.74) is 9.81. The van der Waals surface area contributed by atoms with Gasteiger partial charge in [0.25, 0.3) is 17.9 Å². The van der Waals surface area contributed by atoms with E-state index in [9.17, 15) is 0 Å². The maximum atomic E-state index is 9.00. The highest BCUT2D eigenvalue weighted by molar-refractivity contribution is 5.63. The first-order valence-corrected chi connectivity index (χ1v) is 5.12. The minimum Gasteiger partial charge on any atom is -0.481 e. The lowest BCUT2D eigenvalue weighted by molar-refractivity contribution is -0.135. The van der Waals surface area contributed by atoms with Crippen LogP contribution in [0.2, 0.25) is 0 Å². The van der Waals surface area contributed by atoms with Crippen molar-refractivity contribution in [3.63, 3.8) is 0 Å². The van der Waals surface area contributed by atoms with Crippen LogP contribution in [0.5, 0.6) is 0 Å². The molecular weight excluding hydrogens is 260 g/mol. The molecule has 0 amide bonds. The summed E-state index contributed by atoms with van der Waals surface area (Å²) in [6.07, 6.45) is 0. The van der Waals surface area contributed by atoms with Crippen LogP contribution < -0.4 is 11.5 Å². The van der Waals surface area contributed by atoms with Crippen LogP contribution in [-0.4, -0.2) is 58.0 Å². The Bertz CT molecular complexity index is 156. The van der Waals surface area contributed by atoms with Gasteiger partial charge in [-0.1, -0.05) is 0 Å². The first-order chi connectivity index (χ1) is 8.52. The van der Waals surface area contributed by atoms with Crippen LogP contribution in [0.3, 0.4) is 0 Å². The molecule has 0 radical (unpaired) electrons. The van der Waals surface area contributed by atoms with Crippen LogP contribution >= 0.6 is 0 Å². The van der Waals surface area contributed by atoms with E-state index >= 15 is 0 Å². The summed E-state index contributed by atoms with van der Waals surface area (Å²) < 4.78 is 0. The molecule has 19 heavy (non-hydrogen) atoms. The first kappa shape index (κ1) is 30.4. The molecule has 0 bridgehead atoms. The summed E-state index contributed by atoms with van der Waals surface area (Å²) in [5.74, 6) is -2.50. The van der Waals surface area contributed by atoms with Gasteiger partial charge in [0.15, 0.2) is 0 Å². The second-order valence-corrected chi connectivity index (χ2v) is 2.45. The van der Waals surface area contributed by atoms with E-state index in [0.29, 0.717) is 13.1 Å². The Morgan fingerprint density at radius 3 is 0.842 bits per heavy atom. The topological polar surface area (TPSA) is 184 Å². The fraction of sp³-hybridized carbons (Fsp3) is 0.700. The van der Waals surface area contributed by atoms with Crippen LogP contribution in [0.1, 0.15) is 27.7 Å². The fourth-order valence-corrected chi connectivity index (χ4v) is 0. The van der Waals surface area contributed by atoms with Crippen LogP contribution in [-0.2, 0) is 14.4 Å². The Labute approximate surface area is 112 Å². The van der Waals surface area contributed by atoms with Gasteiger partial charge in [-0.05, 0) is 6.92 Å². The molecule has 8 N–H and O–H groups in total. The van der Waals surface area contributed by atoms with Gasteiger partial charge in [-0.25, -0.2) is 0 Å². The molecule has 0 aliphatic carbocycles. The number of aliphatic hydroxyl groups is 1. The third-order valence-electron chi connectivity index (χ3n) is 0.167. The Kier molecular flexibility index (Phi) is 57.5. The van der Waals surface area contributed by atoms with Gasteiger partial charge in [0.1, 0.15) is 0 Å². The summed E-state index contributed by atoms with van der Waals surface area (Å²) in [4.78, 5) is 27.0. The third kappa shape index (κ3) is 6600. The van der Waals surface area contributed by atoms with E-state index in [2.05, 4.69) is 0 Å². The van der Waals surface area contributed by atoms with Crippen molar-refractivity contribution in [1.29, 1.82) is 0 Å². The average Bonchev–Trinajstić information content (AvgIpc) is 2.15. The number of carboxylic acids is 3. The summed E-state index contributed by atoms with van der Waals surface area (Å²) >= 11 is 0. The van der Waals surface area contributed by atoms with Crippen molar-refractivity contribution >= 4 is 17.9 Å². The lowest BCUT2D eigenvalue weighted by Gasteiger charge is -1.72. The van der Waals surface area contributed by atoms with Crippen molar-refractivity contribution in [3.8, 4) is 0 Å². The molecule has 0 aromatic carbocycles. The predicted molar refractivity (Wildman–Crippen MR) is 70.8 cm³/mol. The number of carboxylic acid groups (broad SMARTS) is 3. The zero-order chi connectivity index (χ0) is 16.9. The molecule has 0 aromatic rings. The van der Waals surface area contributed by atoms with Crippen molar-refractivity contribution in [2.45, 2.75) is 27.7 Å². The van der Waals surface area contributed by atoms with Crippen molar-refractivity contribution in [2.75, 3.05) is 19.7 Å². The van der Waals surface area contributed by atoms with Crippen molar-refractivity contribution < 1.29 is 34.8 Å². The Balaban J connectivity index is -0.0000000432. The molecule has 0 unspecified atom stereocenters. The summed E-state index contributed by atoms with van der Waals surface area (Å²) in [6, 6.07) is 0. The Morgan fingerprint density at radius 2 is 0.842 bits per heavy atom. The monoisotopic (exact) mass is 286 g/mol. The molecule has 0 spiro atoms. The van der Waals surface area contributed by atoms with Crippen molar-refractivity contribution in [3.05, 3.63) is 0 Å². The highest BCUT2D eigenvalue weighted by Crippen LogP contribution is 1.42. The molecule has 0 atom stereocenters. The molecule has 0 rings (SSSR count). The lowest BCUT2D eigenvalue weighted by Crippen LogP contribution is -2.11. The second-order valence-electron chi connectivity index (χ2n) is 2.45. The van der Waals surface area contributed by atoms with Gasteiger partial charge in [-0.15, -0.1) is 0 Å². The van der Waals surface area contributed by atoms with Crippen LogP contribution in [0.15, 0.2) is 0 Å². The zero-order valence-corrected chi connectivity index (χ0v) is 11.8. The molecule has 9 nitrogen and oxygen atoms in total. The average molecular weight is 286 g/mol. The first-order valence-electron chi connectivity index (χ1n) is 5.12. The molecule has 0 aromatic heterocycles. The number of nitrogens with two attached hydrogens (primary N) is 2. The summed E-state index contributed by atoms with van der Waals surface area (Å²) in [6.45, 7) is 6.38. The van der Waals surface area contributed by atoms with Crippen molar-refractivity contribution in [1.82, 2.24) is 0 Å². The largest absolute Gasteiger partial charge is 0.481 e. The number of hydrogen-bond donors (Lipinski definition) is 6. The van der Waals surface area contributed by atoms with Gasteiger partial charge in [0.2, 0.25) is 0 Å².